The van der Waals surface area contributed by atoms with Gasteiger partial charge in [-0.3, -0.25) is 0 Å². The average Bonchev–Trinajstić information content (AvgIpc) is 3.45. The molecule has 0 fully saturated rings. The third-order valence-electron chi connectivity index (χ3n) is 12.0. The van der Waals surface area contributed by atoms with Crippen molar-refractivity contribution in [2.45, 2.75) is 62.8 Å². The smallest absolute Gasteiger partial charge is 0.00261 e. The van der Waals surface area contributed by atoms with Crippen LogP contribution in [0.2, 0.25) is 0 Å². The molecule has 0 N–H and O–H groups in total. The van der Waals surface area contributed by atoms with Gasteiger partial charge in [0.05, 0.1) is 0 Å². The van der Waals surface area contributed by atoms with Crippen molar-refractivity contribution in [2.24, 2.45) is 0 Å². The first-order valence-electron chi connectivity index (χ1n) is 24.7. The van der Waals surface area contributed by atoms with Gasteiger partial charge in [-0.1, -0.05) is 275 Å². The van der Waals surface area contributed by atoms with E-state index in [9.17, 15) is 0 Å². The lowest BCUT2D eigenvalue weighted by Crippen LogP contribution is -1.92. The summed E-state index contributed by atoms with van der Waals surface area (Å²) in [6.07, 6.45) is 0. The molecule has 11 rings (SSSR count). The highest BCUT2D eigenvalue weighted by Gasteiger charge is 2.19. The molecule has 0 heterocycles. The molecule has 0 saturated heterocycles. The summed E-state index contributed by atoms with van der Waals surface area (Å²) in [6.45, 7) is 16.0. The van der Waals surface area contributed by atoms with Gasteiger partial charge in [-0.25, -0.2) is 0 Å². The Morgan fingerprint density at radius 1 is 0.174 bits per heavy atom. The summed E-state index contributed by atoms with van der Waals surface area (Å²) < 4.78 is 0. The standard InChI is InChI=1S/C60H40.4C2H6.CH4/c1-5-18-41(19-6-1)45-26-17-27-46(36-45)51-34-35-52(50-38-48(42-20-7-2-8-21-42)37-49(39-50)43-22-9-3-10-23-43)58-40-47(32-33-53(51)58)60-56-30-15-13-28-54(56)59(44-24-11-4-12-25-44)55-29-14-16-31-57(55)60;4*1-2;/h1-40H;4*1-2H3;1H4. The van der Waals surface area contributed by atoms with Crippen LogP contribution < -0.4 is 0 Å². The van der Waals surface area contributed by atoms with Gasteiger partial charge in [0.2, 0.25) is 0 Å². The molecule has 0 aliphatic rings. The Kier molecular flexibility index (Phi) is 18.2. The molecular formula is C69H68. The molecule has 11 aromatic rings. The fourth-order valence-corrected chi connectivity index (χ4v) is 9.24. The summed E-state index contributed by atoms with van der Waals surface area (Å²) in [5.41, 5.74) is 17.0. The summed E-state index contributed by atoms with van der Waals surface area (Å²) in [6, 6.07) is 88.9. The van der Waals surface area contributed by atoms with Crippen LogP contribution in [0.3, 0.4) is 0 Å². The maximum absolute atomic E-state index is 2.46. The third-order valence-corrected chi connectivity index (χ3v) is 12.0. The van der Waals surface area contributed by atoms with Gasteiger partial charge in [0.1, 0.15) is 0 Å². The molecule has 0 bridgehead atoms. The highest BCUT2D eigenvalue weighted by atomic mass is 14.2. The van der Waals surface area contributed by atoms with Crippen LogP contribution in [-0.4, -0.2) is 0 Å². The molecule has 11 aromatic carbocycles. The number of fused-ring (bicyclic) bond motifs is 3. The van der Waals surface area contributed by atoms with Gasteiger partial charge in [0.15, 0.2) is 0 Å². The number of benzene rings is 11. The molecule has 0 radical (unpaired) electrons. The molecular weight excluding hydrogens is 829 g/mol. The molecule has 0 heteroatoms. The Bertz CT molecular complexity index is 3210. The normalized spacial score (nSPS) is 10.2. The summed E-state index contributed by atoms with van der Waals surface area (Å²) >= 11 is 0. The van der Waals surface area contributed by atoms with Gasteiger partial charge in [-0.2, -0.15) is 0 Å². The maximum Gasteiger partial charge on any atom is -0.00261 e. The van der Waals surface area contributed by atoms with Crippen molar-refractivity contribution in [3.05, 3.63) is 243 Å². The van der Waals surface area contributed by atoms with E-state index < -0.39 is 0 Å². The van der Waals surface area contributed by atoms with Crippen LogP contribution in [-0.2, 0) is 0 Å². The fraction of sp³-hybridized carbons (Fsp3) is 0.130. The summed E-state index contributed by atoms with van der Waals surface area (Å²) in [7, 11) is 0. The molecule has 0 aliphatic carbocycles. The van der Waals surface area contributed by atoms with Crippen LogP contribution >= 0.6 is 0 Å². The van der Waals surface area contributed by atoms with Crippen LogP contribution in [0.4, 0.5) is 0 Å². The highest BCUT2D eigenvalue weighted by Crippen LogP contribution is 2.46. The van der Waals surface area contributed by atoms with E-state index in [0.29, 0.717) is 0 Å². The Labute approximate surface area is 413 Å². The van der Waals surface area contributed by atoms with Crippen molar-refractivity contribution in [2.75, 3.05) is 0 Å². The molecule has 0 aliphatic heterocycles. The van der Waals surface area contributed by atoms with Crippen LogP contribution in [0.15, 0.2) is 243 Å². The van der Waals surface area contributed by atoms with Crippen molar-refractivity contribution >= 4 is 32.3 Å². The van der Waals surface area contributed by atoms with Gasteiger partial charge in [0.25, 0.3) is 0 Å². The number of rotatable bonds is 7. The van der Waals surface area contributed by atoms with Gasteiger partial charge >= 0.3 is 0 Å². The lowest BCUT2D eigenvalue weighted by atomic mass is 9.84. The molecule has 69 heavy (non-hydrogen) atoms. The predicted molar refractivity (Wildman–Crippen MR) is 309 cm³/mol. The fourth-order valence-electron chi connectivity index (χ4n) is 9.24. The average molecular weight is 897 g/mol. The SMILES string of the molecule is C.CC.CC.CC.CC.c1ccc(-c2cccc(-c3ccc(-c4cc(-c5ccccc5)cc(-c5ccccc5)c4)c4cc(-c5c6ccccc6c(-c6ccccc6)c6ccccc56)ccc34)c2)cc1. The third kappa shape index (κ3) is 10.7. The van der Waals surface area contributed by atoms with Crippen LogP contribution in [0, 0.1) is 0 Å². The van der Waals surface area contributed by atoms with E-state index in [-0.39, 0.29) is 7.43 Å². The van der Waals surface area contributed by atoms with Crippen molar-refractivity contribution < 1.29 is 0 Å². The Hall–Kier alpha value is -7.80. The maximum atomic E-state index is 2.46. The summed E-state index contributed by atoms with van der Waals surface area (Å²) in [4.78, 5) is 0. The second-order valence-corrected chi connectivity index (χ2v) is 15.6. The number of hydrogen-bond acceptors (Lipinski definition) is 0. The summed E-state index contributed by atoms with van der Waals surface area (Å²) in [5.74, 6) is 0. The predicted octanol–water partition coefficient (Wildman–Crippen LogP) is 21.6. The van der Waals surface area contributed by atoms with E-state index in [1.807, 2.05) is 55.4 Å². The Morgan fingerprint density at radius 3 is 0.942 bits per heavy atom. The zero-order valence-corrected chi connectivity index (χ0v) is 41.1. The zero-order chi connectivity index (χ0) is 47.8. The lowest BCUT2D eigenvalue weighted by Gasteiger charge is -2.19. The topological polar surface area (TPSA) is 0 Å². The minimum atomic E-state index is 0. The number of hydrogen-bond donors (Lipinski definition) is 0. The van der Waals surface area contributed by atoms with E-state index in [2.05, 4.69) is 243 Å². The quantitative estimate of drug-likeness (QED) is 0.140. The molecule has 0 saturated carbocycles. The van der Waals surface area contributed by atoms with Gasteiger partial charge < -0.3 is 0 Å². The molecule has 0 spiro atoms. The van der Waals surface area contributed by atoms with Crippen LogP contribution in [0.25, 0.3) is 110 Å². The monoisotopic (exact) mass is 897 g/mol. The van der Waals surface area contributed by atoms with Crippen LogP contribution in [0.1, 0.15) is 62.8 Å². The highest BCUT2D eigenvalue weighted by molar-refractivity contribution is 6.22. The van der Waals surface area contributed by atoms with Gasteiger partial charge in [-0.15, -0.1) is 0 Å². The first-order chi connectivity index (χ1) is 33.8. The molecule has 0 aromatic heterocycles. The van der Waals surface area contributed by atoms with E-state index in [4.69, 9.17) is 0 Å². The summed E-state index contributed by atoms with van der Waals surface area (Å²) in [5, 5.41) is 7.46. The molecule has 0 unspecified atom stereocenters. The van der Waals surface area contributed by atoms with Crippen molar-refractivity contribution in [1.82, 2.24) is 0 Å². The minimum Gasteiger partial charge on any atom is -0.0776 e. The molecule has 0 atom stereocenters. The molecule has 344 valence electrons. The second-order valence-electron chi connectivity index (χ2n) is 15.6. The Balaban J connectivity index is 0.000000829. The zero-order valence-electron chi connectivity index (χ0n) is 41.1. The largest absolute Gasteiger partial charge is 0.0776 e. The van der Waals surface area contributed by atoms with Gasteiger partial charge in [-0.05, 0) is 141 Å². The van der Waals surface area contributed by atoms with E-state index >= 15 is 0 Å². The van der Waals surface area contributed by atoms with Crippen molar-refractivity contribution in [3.8, 4) is 77.9 Å². The van der Waals surface area contributed by atoms with E-state index in [0.717, 1.165) is 0 Å². The van der Waals surface area contributed by atoms with E-state index in [1.165, 1.54) is 110 Å². The Morgan fingerprint density at radius 2 is 0.493 bits per heavy atom. The minimum absolute atomic E-state index is 0. The van der Waals surface area contributed by atoms with Crippen LogP contribution in [0.5, 0.6) is 0 Å². The molecule has 0 amide bonds. The first-order valence-corrected chi connectivity index (χ1v) is 24.7. The van der Waals surface area contributed by atoms with Crippen molar-refractivity contribution in [1.29, 1.82) is 0 Å². The second kappa shape index (κ2) is 24.8. The molecule has 0 nitrogen and oxygen atoms in total. The van der Waals surface area contributed by atoms with Crippen molar-refractivity contribution in [3.63, 3.8) is 0 Å². The first kappa shape index (κ1) is 50.6. The van der Waals surface area contributed by atoms with Gasteiger partial charge in [0, 0.05) is 0 Å². The van der Waals surface area contributed by atoms with E-state index in [1.54, 1.807) is 0 Å². The lowest BCUT2D eigenvalue weighted by molar-refractivity contribution is 1.50.